The Morgan fingerprint density at radius 1 is 1.22 bits per heavy atom. The first-order valence-corrected chi connectivity index (χ1v) is 7.18. The van der Waals surface area contributed by atoms with Crippen LogP contribution in [0.2, 0.25) is 10.0 Å². The van der Waals surface area contributed by atoms with Crippen molar-refractivity contribution in [1.29, 1.82) is 0 Å². The van der Waals surface area contributed by atoms with Gasteiger partial charge in [0.15, 0.2) is 0 Å². The predicted octanol–water partition coefficient (Wildman–Crippen LogP) is 1.93. The lowest BCUT2D eigenvalue weighted by molar-refractivity contribution is 0.204. The first kappa shape index (κ1) is 15.5. The summed E-state index contributed by atoms with van der Waals surface area (Å²) in [7, 11) is -0.816. The SMILES string of the molecule is COCCNS(=O)(=O)c1cc(Cl)c(OC)cc1Cl. The van der Waals surface area contributed by atoms with Crippen LogP contribution >= 0.6 is 23.2 Å². The summed E-state index contributed by atoms with van der Waals surface area (Å²) in [5.41, 5.74) is 0. The van der Waals surface area contributed by atoms with Gasteiger partial charge in [0.2, 0.25) is 10.0 Å². The Morgan fingerprint density at radius 3 is 2.44 bits per heavy atom. The van der Waals surface area contributed by atoms with E-state index >= 15 is 0 Å². The highest BCUT2D eigenvalue weighted by Gasteiger charge is 2.20. The molecule has 0 heterocycles. The fourth-order valence-electron chi connectivity index (χ4n) is 1.23. The fourth-order valence-corrected chi connectivity index (χ4v) is 3.09. The normalized spacial score (nSPS) is 11.6. The molecule has 0 unspecified atom stereocenters. The van der Waals surface area contributed by atoms with Gasteiger partial charge in [0, 0.05) is 19.7 Å². The second-order valence-electron chi connectivity index (χ2n) is 3.31. The van der Waals surface area contributed by atoms with E-state index in [0.29, 0.717) is 5.75 Å². The third-order valence-corrected chi connectivity index (χ3v) is 4.32. The minimum atomic E-state index is -3.71. The number of rotatable bonds is 6. The van der Waals surface area contributed by atoms with Crippen molar-refractivity contribution in [3.05, 3.63) is 22.2 Å². The van der Waals surface area contributed by atoms with Crippen LogP contribution < -0.4 is 9.46 Å². The van der Waals surface area contributed by atoms with Gasteiger partial charge < -0.3 is 9.47 Å². The largest absolute Gasteiger partial charge is 0.495 e. The third kappa shape index (κ3) is 3.73. The maximum absolute atomic E-state index is 11.9. The average molecular weight is 314 g/mol. The summed E-state index contributed by atoms with van der Waals surface area (Å²) < 4.78 is 35.9. The van der Waals surface area contributed by atoms with Crippen LogP contribution in [0.4, 0.5) is 0 Å². The van der Waals surface area contributed by atoms with Crippen molar-refractivity contribution in [2.75, 3.05) is 27.4 Å². The quantitative estimate of drug-likeness (QED) is 0.815. The van der Waals surface area contributed by atoms with E-state index in [4.69, 9.17) is 32.7 Å². The molecule has 0 amide bonds. The van der Waals surface area contributed by atoms with E-state index in [1.807, 2.05) is 0 Å². The van der Waals surface area contributed by atoms with Crippen LogP contribution in [-0.2, 0) is 14.8 Å². The Hall–Kier alpha value is -0.530. The highest BCUT2D eigenvalue weighted by molar-refractivity contribution is 7.89. The van der Waals surface area contributed by atoms with Gasteiger partial charge >= 0.3 is 0 Å². The summed E-state index contributed by atoms with van der Waals surface area (Å²) in [4.78, 5) is -0.0916. The lowest BCUT2D eigenvalue weighted by atomic mass is 10.3. The monoisotopic (exact) mass is 313 g/mol. The Balaban J connectivity index is 3.05. The molecule has 1 N–H and O–H groups in total. The number of sulfonamides is 1. The zero-order valence-corrected chi connectivity index (χ0v) is 12.2. The summed E-state index contributed by atoms with van der Waals surface area (Å²) in [5, 5.41) is 0.218. The summed E-state index contributed by atoms with van der Waals surface area (Å²) in [5.74, 6) is 0.317. The second-order valence-corrected chi connectivity index (χ2v) is 5.86. The van der Waals surface area contributed by atoms with Crippen LogP contribution in [0, 0.1) is 0 Å². The van der Waals surface area contributed by atoms with E-state index in [9.17, 15) is 8.42 Å². The van der Waals surface area contributed by atoms with Gasteiger partial charge in [0.25, 0.3) is 0 Å². The predicted molar refractivity (Wildman–Crippen MR) is 70.1 cm³/mol. The maximum atomic E-state index is 11.9. The first-order chi connectivity index (χ1) is 8.42. The average Bonchev–Trinajstić information content (AvgIpc) is 2.31. The summed E-state index contributed by atoms with van der Waals surface area (Å²) in [6, 6.07) is 2.60. The molecule has 0 saturated heterocycles. The molecule has 18 heavy (non-hydrogen) atoms. The van der Waals surface area contributed by atoms with Crippen molar-refractivity contribution in [2.24, 2.45) is 0 Å². The number of methoxy groups -OCH3 is 2. The summed E-state index contributed by atoms with van der Waals surface area (Å²) in [6.07, 6.45) is 0. The Bertz CT molecular complexity index is 519. The smallest absolute Gasteiger partial charge is 0.242 e. The van der Waals surface area contributed by atoms with Crippen molar-refractivity contribution < 1.29 is 17.9 Å². The topological polar surface area (TPSA) is 64.6 Å². The molecule has 0 saturated carbocycles. The van der Waals surface area contributed by atoms with Gasteiger partial charge in [0.1, 0.15) is 10.6 Å². The molecule has 0 spiro atoms. The molecule has 5 nitrogen and oxygen atoms in total. The number of hydrogen-bond donors (Lipinski definition) is 1. The van der Waals surface area contributed by atoms with Gasteiger partial charge in [0.05, 0.1) is 23.8 Å². The van der Waals surface area contributed by atoms with Crippen molar-refractivity contribution in [2.45, 2.75) is 4.90 Å². The highest BCUT2D eigenvalue weighted by atomic mass is 35.5. The molecule has 0 atom stereocenters. The minimum Gasteiger partial charge on any atom is -0.495 e. The summed E-state index contributed by atoms with van der Waals surface area (Å²) >= 11 is 11.8. The minimum absolute atomic E-state index is 0.0427. The van der Waals surface area contributed by atoms with Crippen LogP contribution in [-0.4, -0.2) is 35.8 Å². The van der Waals surface area contributed by atoms with Crippen molar-refractivity contribution in [3.8, 4) is 5.75 Å². The Labute approximate surface area is 116 Å². The molecule has 1 aromatic carbocycles. The molecule has 1 aromatic rings. The van der Waals surface area contributed by atoms with Crippen molar-refractivity contribution in [1.82, 2.24) is 4.72 Å². The number of benzene rings is 1. The van der Waals surface area contributed by atoms with Crippen LogP contribution in [0.25, 0.3) is 0 Å². The first-order valence-electron chi connectivity index (χ1n) is 4.94. The molecule has 0 aliphatic rings. The molecule has 0 aliphatic carbocycles. The van der Waals surface area contributed by atoms with Gasteiger partial charge in [-0.1, -0.05) is 23.2 Å². The van der Waals surface area contributed by atoms with Crippen LogP contribution in [0.3, 0.4) is 0 Å². The van der Waals surface area contributed by atoms with E-state index in [1.54, 1.807) is 0 Å². The highest BCUT2D eigenvalue weighted by Crippen LogP contribution is 2.33. The molecule has 0 aromatic heterocycles. The Kier molecular flexibility index (Phi) is 5.68. The van der Waals surface area contributed by atoms with Gasteiger partial charge in [-0.3, -0.25) is 0 Å². The second kappa shape index (κ2) is 6.58. The van der Waals surface area contributed by atoms with Gasteiger partial charge in [-0.2, -0.15) is 0 Å². The molecule has 0 radical (unpaired) electrons. The summed E-state index contributed by atoms with van der Waals surface area (Å²) in [6.45, 7) is 0.416. The molecule has 0 fully saturated rings. The fraction of sp³-hybridized carbons (Fsp3) is 0.400. The van der Waals surface area contributed by atoms with E-state index in [0.717, 1.165) is 0 Å². The lowest BCUT2D eigenvalue weighted by Gasteiger charge is -2.10. The van der Waals surface area contributed by atoms with Crippen LogP contribution in [0.1, 0.15) is 0 Å². The third-order valence-electron chi connectivity index (χ3n) is 2.09. The molecule has 1 rings (SSSR count). The van der Waals surface area contributed by atoms with Crippen LogP contribution in [0.15, 0.2) is 17.0 Å². The maximum Gasteiger partial charge on any atom is 0.242 e. The van der Waals surface area contributed by atoms with E-state index < -0.39 is 10.0 Å². The van der Waals surface area contributed by atoms with Crippen LogP contribution in [0.5, 0.6) is 5.75 Å². The molecule has 102 valence electrons. The molecule has 0 aliphatic heterocycles. The zero-order valence-electron chi connectivity index (χ0n) is 9.87. The van der Waals surface area contributed by atoms with E-state index in [1.165, 1.54) is 26.4 Å². The van der Waals surface area contributed by atoms with E-state index in [2.05, 4.69) is 4.72 Å². The molecule has 0 bridgehead atoms. The number of halogens is 2. The molecular weight excluding hydrogens is 301 g/mol. The number of hydrogen-bond acceptors (Lipinski definition) is 4. The molecule has 8 heteroatoms. The van der Waals surface area contributed by atoms with Gasteiger partial charge in [-0.25, -0.2) is 13.1 Å². The number of nitrogens with one attached hydrogen (secondary N) is 1. The zero-order chi connectivity index (χ0) is 13.8. The van der Waals surface area contributed by atoms with E-state index in [-0.39, 0.29) is 28.1 Å². The van der Waals surface area contributed by atoms with Crippen molar-refractivity contribution >= 4 is 33.2 Å². The van der Waals surface area contributed by atoms with Crippen molar-refractivity contribution in [3.63, 3.8) is 0 Å². The lowest BCUT2D eigenvalue weighted by Crippen LogP contribution is -2.27. The molecular formula is C10H13Cl2NO4S. The standard InChI is InChI=1S/C10H13Cl2NO4S/c1-16-4-3-13-18(14,15)10-6-7(11)9(17-2)5-8(10)12/h5-6,13H,3-4H2,1-2H3. The van der Waals surface area contributed by atoms with Gasteiger partial charge in [-0.05, 0) is 6.07 Å². The number of ether oxygens (including phenoxy) is 2. The van der Waals surface area contributed by atoms with Gasteiger partial charge in [-0.15, -0.1) is 0 Å². The Morgan fingerprint density at radius 2 is 1.89 bits per heavy atom.